The highest BCUT2D eigenvalue weighted by Gasteiger charge is 2.30. The van der Waals surface area contributed by atoms with Crippen molar-refractivity contribution < 1.29 is 24.2 Å². The lowest BCUT2D eigenvalue weighted by Crippen LogP contribution is -2.42. The maximum Gasteiger partial charge on any atom is 0.407 e. The summed E-state index contributed by atoms with van der Waals surface area (Å²) in [6.07, 6.45) is 4.02. The number of allylic oxidation sites excluding steroid dienone is 1. The van der Waals surface area contributed by atoms with Crippen LogP contribution in [-0.2, 0) is 14.3 Å². The maximum absolute atomic E-state index is 12.4. The van der Waals surface area contributed by atoms with Gasteiger partial charge in [-0.05, 0) is 35.1 Å². The van der Waals surface area contributed by atoms with Gasteiger partial charge in [0.25, 0.3) is 0 Å². The van der Waals surface area contributed by atoms with E-state index in [0.29, 0.717) is 12.8 Å². The second-order valence-electron chi connectivity index (χ2n) is 7.78. The predicted octanol–water partition coefficient (Wildman–Crippen LogP) is 3.06. The van der Waals surface area contributed by atoms with Gasteiger partial charge < -0.3 is 20.5 Å². The fraction of sp³-hybridized carbons (Fsp3) is 0.292. The number of hydrogen-bond acceptors (Lipinski definition) is 4. The summed E-state index contributed by atoms with van der Waals surface area (Å²) >= 11 is 0. The number of carboxylic acid groups (broad SMARTS) is 1. The first-order valence-corrected chi connectivity index (χ1v) is 10.3. The molecule has 0 bridgehead atoms. The van der Waals surface area contributed by atoms with E-state index in [1.54, 1.807) is 0 Å². The van der Waals surface area contributed by atoms with Crippen LogP contribution in [0.4, 0.5) is 4.79 Å². The first-order chi connectivity index (χ1) is 15.0. The summed E-state index contributed by atoms with van der Waals surface area (Å²) in [4.78, 5) is 35.2. The van der Waals surface area contributed by atoms with Crippen molar-refractivity contribution in [1.29, 1.82) is 0 Å². The Balaban J connectivity index is 1.34. The quantitative estimate of drug-likeness (QED) is 0.623. The van der Waals surface area contributed by atoms with Crippen molar-refractivity contribution in [1.82, 2.24) is 10.6 Å². The van der Waals surface area contributed by atoms with E-state index in [1.807, 2.05) is 36.4 Å². The third-order valence-corrected chi connectivity index (χ3v) is 5.76. The summed E-state index contributed by atoms with van der Waals surface area (Å²) < 4.78 is 5.55. The molecule has 7 nitrogen and oxygen atoms in total. The Kier molecular flexibility index (Phi) is 6.02. The van der Waals surface area contributed by atoms with E-state index in [2.05, 4.69) is 34.9 Å². The van der Waals surface area contributed by atoms with Crippen LogP contribution in [0.3, 0.4) is 0 Å². The minimum Gasteiger partial charge on any atom is -0.480 e. The van der Waals surface area contributed by atoms with Gasteiger partial charge in [-0.25, -0.2) is 4.79 Å². The van der Waals surface area contributed by atoms with E-state index in [-0.39, 0.29) is 30.4 Å². The summed E-state index contributed by atoms with van der Waals surface area (Å²) in [5.41, 5.74) is 4.61. The highest BCUT2D eigenvalue weighted by molar-refractivity contribution is 5.83. The van der Waals surface area contributed by atoms with Gasteiger partial charge in [0.1, 0.15) is 13.2 Å². The molecule has 2 aromatic rings. The van der Waals surface area contributed by atoms with Gasteiger partial charge in [-0.15, -0.1) is 0 Å². The molecule has 7 heteroatoms. The molecule has 0 heterocycles. The molecule has 2 aromatic carbocycles. The first kappa shape index (κ1) is 20.7. The molecule has 0 spiro atoms. The van der Waals surface area contributed by atoms with Crippen LogP contribution in [-0.4, -0.2) is 42.3 Å². The van der Waals surface area contributed by atoms with Crippen molar-refractivity contribution in [2.75, 3.05) is 13.2 Å². The Hall–Kier alpha value is -3.61. The molecule has 160 valence electrons. The second kappa shape index (κ2) is 9.04. The van der Waals surface area contributed by atoms with Crippen LogP contribution in [0, 0.1) is 5.92 Å². The number of carbonyl (C=O) groups is 3. The normalized spacial score (nSPS) is 19.2. The minimum atomic E-state index is -1.09. The molecule has 0 fully saturated rings. The molecule has 4 rings (SSSR count). The van der Waals surface area contributed by atoms with Crippen LogP contribution in [0.1, 0.15) is 29.9 Å². The van der Waals surface area contributed by atoms with E-state index in [0.717, 1.165) is 22.3 Å². The number of benzene rings is 2. The molecular formula is C24H24N2O5. The SMILES string of the molecule is O=C(O)CNC(=O)[C@@H]1CC=C[C@@H](NC(=O)OCC2c3ccccc3-c3ccccc32)C1. The highest BCUT2D eigenvalue weighted by Crippen LogP contribution is 2.44. The zero-order chi connectivity index (χ0) is 21.8. The lowest BCUT2D eigenvalue weighted by molar-refractivity contribution is -0.138. The topological polar surface area (TPSA) is 105 Å². The van der Waals surface area contributed by atoms with Crippen molar-refractivity contribution in [3.05, 3.63) is 71.8 Å². The molecule has 2 aliphatic carbocycles. The Morgan fingerprint density at radius 1 is 1.00 bits per heavy atom. The largest absolute Gasteiger partial charge is 0.480 e. The maximum atomic E-state index is 12.4. The average molecular weight is 420 g/mol. The molecule has 31 heavy (non-hydrogen) atoms. The highest BCUT2D eigenvalue weighted by atomic mass is 16.5. The molecule has 2 aliphatic rings. The van der Waals surface area contributed by atoms with Gasteiger partial charge >= 0.3 is 12.1 Å². The Bertz CT molecular complexity index is 987. The van der Waals surface area contributed by atoms with Crippen LogP contribution in [0.5, 0.6) is 0 Å². The number of nitrogens with one attached hydrogen (secondary N) is 2. The predicted molar refractivity (Wildman–Crippen MR) is 115 cm³/mol. The Morgan fingerprint density at radius 3 is 2.29 bits per heavy atom. The minimum absolute atomic E-state index is 0.0189. The molecular weight excluding hydrogens is 396 g/mol. The molecule has 2 amide bonds. The van der Waals surface area contributed by atoms with Gasteiger partial charge in [0.05, 0.1) is 6.04 Å². The third kappa shape index (κ3) is 4.60. The fourth-order valence-electron chi connectivity index (χ4n) is 4.31. The monoisotopic (exact) mass is 420 g/mol. The number of hydrogen-bond donors (Lipinski definition) is 3. The molecule has 2 atom stereocenters. The van der Waals surface area contributed by atoms with Crippen molar-refractivity contribution >= 4 is 18.0 Å². The van der Waals surface area contributed by atoms with Crippen molar-refractivity contribution in [3.8, 4) is 11.1 Å². The first-order valence-electron chi connectivity index (χ1n) is 10.3. The number of rotatable bonds is 6. The number of aliphatic carboxylic acids is 1. The molecule has 0 aromatic heterocycles. The number of alkyl carbamates (subject to hydrolysis) is 1. The smallest absolute Gasteiger partial charge is 0.407 e. The van der Waals surface area contributed by atoms with Gasteiger partial charge in [0.2, 0.25) is 5.91 Å². The van der Waals surface area contributed by atoms with Crippen molar-refractivity contribution in [2.24, 2.45) is 5.92 Å². The zero-order valence-electron chi connectivity index (χ0n) is 16.9. The van der Waals surface area contributed by atoms with Gasteiger partial charge in [0.15, 0.2) is 0 Å². The zero-order valence-corrected chi connectivity index (χ0v) is 16.9. The van der Waals surface area contributed by atoms with E-state index in [4.69, 9.17) is 9.84 Å². The summed E-state index contributed by atoms with van der Waals surface area (Å²) in [5, 5.41) is 13.9. The van der Waals surface area contributed by atoms with E-state index >= 15 is 0 Å². The van der Waals surface area contributed by atoms with E-state index in [1.165, 1.54) is 0 Å². The summed E-state index contributed by atoms with van der Waals surface area (Å²) in [5.74, 6) is -1.82. The Morgan fingerprint density at radius 2 is 1.65 bits per heavy atom. The lowest BCUT2D eigenvalue weighted by Gasteiger charge is -2.24. The van der Waals surface area contributed by atoms with E-state index in [9.17, 15) is 14.4 Å². The van der Waals surface area contributed by atoms with Crippen LogP contribution in [0.2, 0.25) is 0 Å². The molecule has 0 saturated carbocycles. The molecule has 0 saturated heterocycles. The van der Waals surface area contributed by atoms with Crippen molar-refractivity contribution in [3.63, 3.8) is 0 Å². The standard InChI is InChI=1S/C24H24N2O5/c27-22(28)13-25-23(29)15-6-5-7-16(12-15)26-24(30)31-14-21-19-10-3-1-8-17(19)18-9-2-4-11-20(18)21/h1-5,7-11,15-16,21H,6,12-14H2,(H,25,29)(H,26,30)(H,27,28)/t15-,16-/m1/s1. The number of carbonyl (C=O) groups excluding carboxylic acids is 2. The van der Waals surface area contributed by atoms with E-state index < -0.39 is 18.6 Å². The van der Waals surface area contributed by atoms with Crippen molar-refractivity contribution in [2.45, 2.75) is 24.8 Å². The van der Waals surface area contributed by atoms with Crippen LogP contribution >= 0.6 is 0 Å². The summed E-state index contributed by atoms with van der Waals surface area (Å²) in [6.45, 7) is -0.192. The second-order valence-corrected chi connectivity index (χ2v) is 7.78. The molecule has 0 unspecified atom stereocenters. The van der Waals surface area contributed by atoms with Gasteiger partial charge in [-0.3, -0.25) is 9.59 Å². The number of carboxylic acids is 1. The van der Waals surface area contributed by atoms with Gasteiger partial charge in [-0.1, -0.05) is 60.7 Å². The van der Waals surface area contributed by atoms with Crippen LogP contribution in [0.15, 0.2) is 60.7 Å². The molecule has 0 radical (unpaired) electrons. The number of amides is 2. The molecule has 3 N–H and O–H groups in total. The summed E-state index contributed by atoms with van der Waals surface area (Å²) in [7, 11) is 0. The van der Waals surface area contributed by atoms with Crippen LogP contribution < -0.4 is 10.6 Å². The molecule has 0 aliphatic heterocycles. The number of ether oxygens (including phenoxy) is 1. The third-order valence-electron chi connectivity index (χ3n) is 5.76. The van der Waals surface area contributed by atoms with Gasteiger partial charge in [0, 0.05) is 11.8 Å². The fourth-order valence-corrected chi connectivity index (χ4v) is 4.31. The average Bonchev–Trinajstić information content (AvgIpc) is 3.10. The Labute approximate surface area is 180 Å². The lowest BCUT2D eigenvalue weighted by atomic mass is 9.90. The number of fused-ring (bicyclic) bond motifs is 3. The van der Waals surface area contributed by atoms with Crippen LogP contribution in [0.25, 0.3) is 11.1 Å². The summed E-state index contributed by atoms with van der Waals surface area (Å²) in [6, 6.07) is 15.9. The van der Waals surface area contributed by atoms with Gasteiger partial charge in [-0.2, -0.15) is 0 Å².